The molecule has 124 valence electrons. The van der Waals surface area contributed by atoms with E-state index in [1.165, 1.54) is 42.1 Å². The predicted molar refractivity (Wildman–Crippen MR) is 88.0 cm³/mol. The number of esters is 1. The molecule has 0 atom stereocenters. The lowest BCUT2D eigenvalue weighted by atomic mass is 10.2. The van der Waals surface area contributed by atoms with Gasteiger partial charge in [0.2, 0.25) is 0 Å². The van der Waals surface area contributed by atoms with Crippen LogP contribution < -0.4 is 15.0 Å². The first-order chi connectivity index (χ1) is 11.6. The molecule has 0 radical (unpaired) electrons. The van der Waals surface area contributed by atoms with Gasteiger partial charge in [-0.25, -0.2) is 9.78 Å². The molecule has 0 fully saturated rings. The van der Waals surface area contributed by atoms with Crippen LogP contribution in [0.2, 0.25) is 0 Å². The van der Waals surface area contributed by atoms with E-state index >= 15 is 0 Å². The van der Waals surface area contributed by atoms with Crippen LogP contribution in [0.3, 0.4) is 0 Å². The number of benzene rings is 1. The summed E-state index contributed by atoms with van der Waals surface area (Å²) < 4.78 is 16.9. The number of carbonyl (C=O) groups is 1. The Hall–Kier alpha value is -2.87. The summed E-state index contributed by atoms with van der Waals surface area (Å²) in [6, 6.07) is 6.08. The second-order valence-corrected chi connectivity index (χ2v) is 5.66. The number of methoxy groups -OCH3 is 2. The maximum atomic E-state index is 12.2. The molecule has 0 aliphatic carbocycles. The van der Waals surface area contributed by atoms with Crippen molar-refractivity contribution < 1.29 is 19.0 Å². The molecule has 0 amide bonds. The Morgan fingerprint density at radius 1 is 1.21 bits per heavy atom. The first kappa shape index (κ1) is 16.0. The second kappa shape index (κ2) is 6.71. The lowest BCUT2D eigenvalue weighted by Gasteiger charge is -2.09. The third-order valence-electron chi connectivity index (χ3n) is 3.33. The highest BCUT2D eigenvalue weighted by molar-refractivity contribution is 7.15. The van der Waals surface area contributed by atoms with Crippen molar-refractivity contribution >= 4 is 22.3 Å². The molecule has 0 N–H and O–H groups in total. The van der Waals surface area contributed by atoms with Gasteiger partial charge in [-0.15, -0.1) is 11.3 Å². The van der Waals surface area contributed by atoms with Gasteiger partial charge < -0.3 is 14.2 Å². The number of aromatic nitrogens is 2. The van der Waals surface area contributed by atoms with E-state index < -0.39 is 5.97 Å². The lowest BCUT2D eigenvalue weighted by molar-refractivity contribution is 0.0467. The maximum Gasteiger partial charge on any atom is 0.338 e. The van der Waals surface area contributed by atoms with Crippen LogP contribution in [0.5, 0.6) is 11.5 Å². The zero-order valence-electron chi connectivity index (χ0n) is 13.0. The van der Waals surface area contributed by atoms with Gasteiger partial charge >= 0.3 is 5.97 Å². The van der Waals surface area contributed by atoms with Crippen molar-refractivity contribution in [3.8, 4) is 11.5 Å². The number of hydrogen-bond donors (Lipinski definition) is 0. The molecule has 2 aromatic heterocycles. The third-order valence-corrected chi connectivity index (χ3v) is 4.08. The summed E-state index contributed by atoms with van der Waals surface area (Å²) >= 11 is 1.34. The zero-order valence-corrected chi connectivity index (χ0v) is 13.8. The molecular formula is C16H14N2O5S. The Labute approximate surface area is 141 Å². The summed E-state index contributed by atoms with van der Waals surface area (Å²) in [6.07, 6.45) is 1.65. The van der Waals surface area contributed by atoms with Gasteiger partial charge in [0, 0.05) is 17.6 Å². The maximum absolute atomic E-state index is 12.2. The van der Waals surface area contributed by atoms with Crippen molar-refractivity contribution in [1.29, 1.82) is 0 Å². The fourth-order valence-corrected chi connectivity index (χ4v) is 2.89. The Balaban J connectivity index is 1.76. The minimum Gasteiger partial charge on any atom is -0.493 e. The highest BCUT2D eigenvalue weighted by Gasteiger charge is 2.13. The Bertz CT molecular complexity index is 947. The number of fused-ring (bicyclic) bond motifs is 1. The van der Waals surface area contributed by atoms with E-state index in [0.717, 1.165) is 0 Å². The Morgan fingerprint density at radius 3 is 2.75 bits per heavy atom. The van der Waals surface area contributed by atoms with Crippen molar-refractivity contribution in [3.63, 3.8) is 0 Å². The number of ether oxygens (including phenoxy) is 3. The molecule has 24 heavy (non-hydrogen) atoms. The number of thiazole rings is 1. The van der Waals surface area contributed by atoms with Crippen molar-refractivity contribution in [2.24, 2.45) is 0 Å². The monoisotopic (exact) mass is 346 g/mol. The van der Waals surface area contributed by atoms with E-state index in [2.05, 4.69) is 4.98 Å². The van der Waals surface area contributed by atoms with Crippen molar-refractivity contribution in [3.05, 3.63) is 57.5 Å². The molecule has 0 unspecified atom stereocenters. The lowest BCUT2D eigenvalue weighted by Crippen LogP contribution is -2.14. The van der Waals surface area contributed by atoms with E-state index in [0.29, 0.717) is 27.7 Å². The Morgan fingerprint density at radius 2 is 2.00 bits per heavy atom. The summed E-state index contributed by atoms with van der Waals surface area (Å²) in [5.74, 6) is 0.416. The van der Waals surface area contributed by atoms with E-state index in [-0.39, 0.29) is 12.2 Å². The molecular weight excluding hydrogens is 332 g/mol. The fourth-order valence-electron chi connectivity index (χ4n) is 2.15. The molecule has 3 aromatic rings. The van der Waals surface area contributed by atoms with Gasteiger partial charge in [0.15, 0.2) is 16.5 Å². The molecule has 8 heteroatoms. The van der Waals surface area contributed by atoms with Gasteiger partial charge in [-0.3, -0.25) is 9.20 Å². The minimum atomic E-state index is -0.538. The summed E-state index contributed by atoms with van der Waals surface area (Å²) in [5, 5.41) is 1.77. The van der Waals surface area contributed by atoms with Crippen LogP contribution in [0.25, 0.3) is 4.96 Å². The van der Waals surface area contributed by atoms with E-state index in [9.17, 15) is 9.59 Å². The quantitative estimate of drug-likeness (QED) is 0.659. The summed E-state index contributed by atoms with van der Waals surface area (Å²) in [4.78, 5) is 28.9. The number of nitrogens with zero attached hydrogens (tertiary/aromatic N) is 2. The largest absolute Gasteiger partial charge is 0.493 e. The van der Waals surface area contributed by atoms with Crippen LogP contribution in [0, 0.1) is 0 Å². The van der Waals surface area contributed by atoms with Gasteiger partial charge in [-0.2, -0.15) is 0 Å². The molecule has 2 heterocycles. The van der Waals surface area contributed by atoms with Crippen LogP contribution in [0.4, 0.5) is 0 Å². The van der Waals surface area contributed by atoms with Crippen LogP contribution in [-0.4, -0.2) is 29.6 Å². The topological polar surface area (TPSA) is 79.1 Å². The fraction of sp³-hybridized carbons (Fsp3) is 0.188. The standard InChI is InChI=1S/C16H14N2O5S/c1-21-12-4-3-10(7-13(12)22-2)15(20)23-9-11-8-14(19)18-5-6-24-16(18)17-11/h3-8H,9H2,1-2H3. The molecule has 0 saturated heterocycles. The zero-order chi connectivity index (χ0) is 17.1. The van der Waals surface area contributed by atoms with Crippen LogP contribution >= 0.6 is 11.3 Å². The highest BCUT2D eigenvalue weighted by atomic mass is 32.1. The summed E-state index contributed by atoms with van der Waals surface area (Å²) in [7, 11) is 3.00. The Kier molecular flexibility index (Phi) is 4.48. The molecule has 1 aromatic carbocycles. The number of carbonyl (C=O) groups excluding carboxylic acids is 1. The van der Waals surface area contributed by atoms with Crippen molar-refractivity contribution in [2.45, 2.75) is 6.61 Å². The van der Waals surface area contributed by atoms with Crippen molar-refractivity contribution in [2.75, 3.05) is 14.2 Å². The first-order valence-corrected chi connectivity index (χ1v) is 7.85. The van der Waals surface area contributed by atoms with Gasteiger partial charge in [0.05, 0.1) is 25.5 Å². The van der Waals surface area contributed by atoms with E-state index in [4.69, 9.17) is 14.2 Å². The molecule has 0 bridgehead atoms. The summed E-state index contributed by atoms with van der Waals surface area (Å²) in [6.45, 7) is -0.0865. The average Bonchev–Trinajstić information content (AvgIpc) is 3.08. The van der Waals surface area contributed by atoms with Crippen LogP contribution in [0.15, 0.2) is 40.6 Å². The van der Waals surface area contributed by atoms with Gasteiger partial charge in [0.25, 0.3) is 5.56 Å². The molecule has 0 spiro atoms. The molecule has 0 aliphatic heterocycles. The normalized spacial score (nSPS) is 10.6. The number of hydrogen-bond acceptors (Lipinski definition) is 7. The SMILES string of the molecule is COc1ccc(C(=O)OCc2cc(=O)n3ccsc3n2)cc1OC. The average molecular weight is 346 g/mol. The smallest absolute Gasteiger partial charge is 0.338 e. The minimum absolute atomic E-state index is 0.0865. The third kappa shape index (κ3) is 3.09. The van der Waals surface area contributed by atoms with Gasteiger partial charge in [0.1, 0.15) is 6.61 Å². The molecule has 0 aliphatic rings. The van der Waals surface area contributed by atoms with Gasteiger partial charge in [-0.1, -0.05) is 0 Å². The molecule has 3 rings (SSSR count). The summed E-state index contributed by atoms with van der Waals surface area (Å²) in [5.41, 5.74) is 0.510. The highest BCUT2D eigenvalue weighted by Crippen LogP contribution is 2.27. The van der Waals surface area contributed by atoms with Crippen LogP contribution in [-0.2, 0) is 11.3 Å². The van der Waals surface area contributed by atoms with E-state index in [1.807, 2.05) is 0 Å². The molecule has 7 nitrogen and oxygen atoms in total. The first-order valence-electron chi connectivity index (χ1n) is 6.97. The van der Waals surface area contributed by atoms with Crippen LogP contribution in [0.1, 0.15) is 16.1 Å². The van der Waals surface area contributed by atoms with Crippen molar-refractivity contribution in [1.82, 2.24) is 9.38 Å². The van der Waals surface area contributed by atoms with Gasteiger partial charge in [-0.05, 0) is 18.2 Å². The predicted octanol–water partition coefficient (Wildman–Crippen LogP) is 2.13. The van der Waals surface area contributed by atoms with E-state index in [1.54, 1.807) is 23.7 Å². The number of rotatable bonds is 5. The molecule has 0 saturated carbocycles. The second-order valence-electron chi connectivity index (χ2n) is 4.79.